The lowest BCUT2D eigenvalue weighted by atomic mass is 10.1. The molecule has 0 radical (unpaired) electrons. The van der Waals surface area contributed by atoms with E-state index in [-0.39, 0.29) is 27.9 Å². The summed E-state index contributed by atoms with van der Waals surface area (Å²) in [5.74, 6) is -0.842. The summed E-state index contributed by atoms with van der Waals surface area (Å²) < 4.78 is 19.0. The zero-order chi connectivity index (χ0) is 15.5. The molecule has 3 rings (SSSR count). The van der Waals surface area contributed by atoms with E-state index in [4.69, 9.17) is 4.74 Å². The number of halogens is 1. The highest BCUT2D eigenvalue weighted by atomic mass is 19.2. The van der Waals surface area contributed by atoms with E-state index in [2.05, 4.69) is 0 Å². The number of hydrogen-bond acceptors (Lipinski definition) is 3. The molecule has 4 nitrogen and oxygen atoms in total. The van der Waals surface area contributed by atoms with Gasteiger partial charge in [-0.3, -0.25) is 4.79 Å². The molecule has 1 heterocycles. The van der Waals surface area contributed by atoms with Crippen LogP contribution in [0.5, 0.6) is 0 Å². The predicted octanol–water partition coefficient (Wildman–Crippen LogP) is 3.09. The van der Waals surface area contributed by atoms with Gasteiger partial charge >= 0.3 is 5.97 Å². The van der Waals surface area contributed by atoms with Crippen molar-refractivity contribution in [3.63, 3.8) is 0 Å². The highest BCUT2D eigenvalue weighted by Gasteiger charge is 2.16. The van der Waals surface area contributed by atoms with Gasteiger partial charge < -0.3 is 4.74 Å². The normalized spacial score (nSPS) is 10.6. The average molecular weight is 297 g/mol. The number of carbonyl (C=O) groups excluding carboxylic acids is 1. The van der Waals surface area contributed by atoms with E-state index in [1.54, 1.807) is 24.3 Å². The Bertz CT molecular complexity index is 887. The summed E-state index contributed by atoms with van der Waals surface area (Å²) in [7, 11) is 0. The van der Waals surface area contributed by atoms with Crippen LogP contribution in [0.15, 0.2) is 65.6 Å². The van der Waals surface area contributed by atoms with Crippen LogP contribution in [-0.4, -0.2) is 10.8 Å². The van der Waals surface area contributed by atoms with Crippen LogP contribution in [0.25, 0.3) is 10.9 Å². The minimum Gasteiger partial charge on any atom is -0.457 e. The molecule has 5 heteroatoms. The Labute approximate surface area is 125 Å². The van der Waals surface area contributed by atoms with Crippen LogP contribution >= 0.6 is 0 Å². The fourth-order valence-corrected chi connectivity index (χ4v) is 2.18. The van der Waals surface area contributed by atoms with Gasteiger partial charge in [0.15, 0.2) is 0 Å². The Balaban J connectivity index is 1.91. The Morgan fingerprint density at radius 3 is 2.50 bits per heavy atom. The average Bonchev–Trinajstić information content (AvgIpc) is 2.57. The maximum Gasteiger partial charge on any atom is 0.344 e. The van der Waals surface area contributed by atoms with Crippen LogP contribution in [0, 0.1) is 0 Å². The molecule has 0 spiro atoms. The van der Waals surface area contributed by atoms with Crippen LogP contribution in [0.4, 0.5) is 4.48 Å². The van der Waals surface area contributed by atoms with Gasteiger partial charge in [-0.05, 0) is 17.7 Å². The summed E-state index contributed by atoms with van der Waals surface area (Å²) >= 11 is 0. The quantitative estimate of drug-likeness (QED) is 0.698. The zero-order valence-electron chi connectivity index (χ0n) is 11.5. The maximum atomic E-state index is 13.9. The first kappa shape index (κ1) is 14.0. The number of fused-ring (bicyclic) bond motifs is 1. The SMILES string of the molecule is O=C(OCc1ccccc1)c1cn(F)c2ccccc2c1=O. The number of ether oxygens (including phenoxy) is 1. The number of aromatic nitrogens is 1. The van der Waals surface area contributed by atoms with Gasteiger partial charge in [0.2, 0.25) is 5.43 Å². The van der Waals surface area contributed by atoms with Crippen molar-refractivity contribution >= 4 is 16.9 Å². The molecule has 1 aromatic heterocycles. The summed E-state index contributed by atoms with van der Waals surface area (Å²) in [6.07, 6.45) is 0.859. The molecular formula is C17H12FNO3. The highest BCUT2D eigenvalue weighted by molar-refractivity contribution is 5.93. The van der Waals surface area contributed by atoms with E-state index in [9.17, 15) is 14.1 Å². The Morgan fingerprint density at radius 1 is 1.05 bits per heavy atom. The van der Waals surface area contributed by atoms with Crippen molar-refractivity contribution in [3.05, 3.63) is 82.1 Å². The Kier molecular flexibility index (Phi) is 3.70. The minimum atomic E-state index is -0.842. The number of esters is 1. The topological polar surface area (TPSA) is 48.3 Å². The van der Waals surface area contributed by atoms with Gasteiger partial charge in [-0.1, -0.05) is 46.9 Å². The van der Waals surface area contributed by atoms with Crippen LogP contribution in [0.2, 0.25) is 0 Å². The molecule has 0 fully saturated rings. The molecule has 0 unspecified atom stereocenters. The van der Waals surface area contributed by atoms with Gasteiger partial charge in [-0.25, -0.2) is 4.79 Å². The molecule has 22 heavy (non-hydrogen) atoms. The van der Waals surface area contributed by atoms with Gasteiger partial charge in [0, 0.05) is 5.39 Å². The third-order valence-electron chi connectivity index (χ3n) is 3.30. The van der Waals surface area contributed by atoms with E-state index < -0.39 is 11.4 Å². The molecule has 110 valence electrons. The Morgan fingerprint density at radius 2 is 1.73 bits per heavy atom. The predicted molar refractivity (Wildman–Crippen MR) is 80.3 cm³/mol. The smallest absolute Gasteiger partial charge is 0.344 e. The van der Waals surface area contributed by atoms with Crippen LogP contribution in [-0.2, 0) is 11.3 Å². The minimum absolute atomic E-state index is 0.0260. The lowest BCUT2D eigenvalue weighted by molar-refractivity contribution is 0.0469. The molecule has 0 aliphatic rings. The molecule has 0 aliphatic carbocycles. The number of rotatable bonds is 3. The highest BCUT2D eigenvalue weighted by Crippen LogP contribution is 2.12. The second kappa shape index (κ2) is 5.81. The largest absolute Gasteiger partial charge is 0.457 e. The zero-order valence-corrected chi connectivity index (χ0v) is 11.5. The van der Waals surface area contributed by atoms with Crippen molar-refractivity contribution < 1.29 is 14.0 Å². The molecule has 2 aromatic carbocycles. The first-order valence-electron chi connectivity index (χ1n) is 6.68. The van der Waals surface area contributed by atoms with Crippen molar-refractivity contribution in [2.45, 2.75) is 6.61 Å². The summed E-state index contributed by atoms with van der Waals surface area (Å²) in [5.41, 5.74) is 0.0454. The van der Waals surface area contributed by atoms with Crippen molar-refractivity contribution in [1.29, 1.82) is 0 Å². The molecule has 0 aliphatic heterocycles. The summed E-state index contributed by atoms with van der Waals surface area (Å²) in [6, 6.07) is 15.2. The second-order valence-corrected chi connectivity index (χ2v) is 4.76. The molecule has 0 saturated carbocycles. The van der Waals surface area contributed by atoms with E-state index in [0.29, 0.717) is 0 Å². The summed E-state index contributed by atoms with van der Waals surface area (Å²) in [5, 5.41) is 0.138. The van der Waals surface area contributed by atoms with E-state index in [1.807, 2.05) is 18.2 Å². The molecule has 0 amide bonds. The fourth-order valence-electron chi connectivity index (χ4n) is 2.18. The first-order chi connectivity index (χ1) is 10.7. The van der Waals surface area contributed by atoms with Gasteiger partial charge in [0.25, 0.3) is 0 Å². The molecule has 0 N–H and O–H groups in total. The number of carbonyl (C=O) groups is 1. The van der Waals surface area contributed by atoms with Gasteiger partial charge in [-0.2, -0.15) is 4.79 Å². The number of benzene rings is 2. The molecule has 0 bridgehead atoms. The van der Waals surface area contributed by atoms with Crippen LogP contribution < -0.4 is 5.43 Å². The van der Waals surface area contributed by atoms with Crippen molar-refractivity contribution in [2.75, 3.05) is 0 Å². The van der Waals surface area contributed by atoms with E-state index >= 15 is 0 Å². The number of nitrogens with zero attached hydrogens (tertiary/aromatic N) is 1. The van der Waals surface area contributed by atoms with Crippen molar-refractivity contribution in [2.24, 2.45) is 0 Å². The van der Waals surface area contributed by atoms with Crippen molar-refractivity contribution in [1.82, 2.24) is 4.79 Å². The van der Waals surface area contributed by atoms with Crippen molar-refractivity contribution in [3.8, 4) is 0 Å². The van der Waals surface area contributed by atoms with Crippen LogP contribution in [0.1, 0.15) is 15.9 Å². The lowest BCUT2D eigenvalue weighted by Gasteiger charge is -2.07. The van der Waals surface area contributed by atoms with Gasteiger partial charge in [-0.15, -0.1) is 0 Å². The maximum absolute atomic E-state index is 13.9. The number of pyridine rings is 1. The first-order valence-corrected chi connectivity index (χ1v) is 6.68. The fraction of sp³-hybridized carbons (Fsp3) is 0.0588. The molecule has 0 atom stereocenters. The van der Waals surface area contributed by atoms with E-state index in [1.165, 1.54) is 12.1 Å². The van der Waals surface area contributed by atoms with Gasteiger partial charge in [0.05, 0.1) is 11.7 Å². The van der Waals surface area contributed by atoms with Gasteiger partial charge in [0.1, 0.15) is 12.2 Å². The summed E-state index contributed by atoms with van der Waals surface area (Å²) in [4.78, 5) is 24.5. The van der Waals surface area contributed by atoms with Crippen LogP contribution in [0.3, 0.4) is 0 Å². The third-order valence-corrected chi connectivity index (χ3v) is 3.30. The molecular weight excluding hydrogens is 285 g/mol. The molecule has 3 aromatic rings. The molecule has 0 saturated heterocycles. The number of hydrogen-bond donors (Lipinski definition) is 0. The second-order valence-electron chi connectivity index (χ2n) is 4.76. The number of para-hydroxylation sites is 1. The monoisotopic (exact) mass is 297 g/mol. The van der Waals surface area contributed by atoms with E-state index in [0.717, 1.165) is 11.8 Å². The summed E-state index contributed by atoms with van der Waals surface area (Å²) in [6.45, 7) is 0.0260. The third kappa shape index (κ3) is 2.61. The standard InChI is InChI=1S/C17H12FNO3/c18-19-10-14(16(20)13-8-4-5-9-15(13)19)17(21)22-11-12-6-2-1-3-7-12/h1-10H,11H2. The Hall–Kier alpha value is -2.95. The lowest BCUT2D eigenvalue weighted by Crippen LogP contribution is -2.19.